The molecule has 0 atom stereocenters. The van der Waals surface area contributed by atoms with Crippen molar-refractivity contribution in [2.24, 2.45) is 5.73 Å². The Kier molecular flexibility index (Phi) is 4.55. The average molecular weight is 274 g/mol. The zero-order chi connectivity index (χ0) is 14.8. The number of hydrogen-bond acceptors (Lipinski definition) is 2. The largest absolute Gasteiger partial charge is 0.325 e. The Morgan fingerprint density at radius 2 is 1.65 bits per heavy atom. The predicted molar refractivity (Wildman–Crippen MR) is 87.1 cm³/mol. The SMILES string of the molecule is CCN1CCC(N)(Cc2ccc(C(C)(C)C)cc2)CC1. The first-order valence-electron chi connectivity index (χ1n) is 7.93. The minimum Gasteiger partial charge on any atom is -0.325 e. The van der Waals surface area contributed by atoms with Gasteiger partial charge in [0, 0.05) is 5.54 Å². The van der Waals surface area contributed by atoms with Gasteiger partial charge in [0.15, 0.2) is 0 Å². The fourth-order valence-electron chi connectivity index (χ4n) is 3.02. The summed E-state index contributed by atoms with van der Waals surface area (Å²) in [5, 5.41) is 0. The molecule has 0 radical (unpaired) electrons. The van der Waals surface area contributed by atoms with Crippen LogP contribution in [-0.2, 0) is 11.8 Å². The number of likely N-dealkylation sites (tertiary alicyclic amines) is 1. The van der Waals surface area contributed by atoms with Crippen LogP contribution in [0.4, 0.5) is 0 Å². The van der Waals surface area contributed by atoms with E-state index in [1.54, 1.807) is 0 Å². The zero-order valence-electron chi connectivity index (χ0n) is 13.6. The van der Waals surface area contributed by atoms with E-state index in [2.05, 4.69) is 56.9 Å². The van der Waals surface area contributed by atoms with Crippen LogP contribution in [-0.4, -0.2) is 30.1 Å². The Labute approximate surface area is 124 Å². The van der Waals surface area contributed by atoms with Gasteiger partial charge in [-0.2, -0.15) is 0 Å². The fraction of sp³-hybridized carbons (Fsp3) is 0.667. The second kappa shape index (κ2) is 5.87. The summed E-state index contributed by atoms with van der Waals surface area (Å²) in [5.41, 5.74) is 9.60. The van der Waals surface area contributed by atoms with Crippen molar-refractivity contribution < 1.29 is 0 Å². The maximum absolute atomic E-state index is 6.61. The second-order valence-corrected chi connectivity index (χ2v) is 7.42. The quantitative estimate of drug-likeness (QED) is 0.916. The summed E-state index contributed by atoms with van der Waals surface area (Å²) in [6, 6.07) is 9.06. The molecule has 1 saturated heterocycles. The van der Waals surface area contributed by atoms with Crippen LogP contribution in [0.3, 0.4) is 0 Å². The minimum absolute atomic E-state index is 0.00504. The minimum atomic E-state index is -0.00504. The Hall–Kier alpha value is -0.860. The zero-order valence-corrected chi connectivity index (χ0v) is 13.6. The molecule has 1 aromatic rings. The van der Waals surface area contributed by atoms with E-state index in [1.807, 2.05) is 0 Å². The van der Waals surface area contributed by atoms with Crippen LogP contribution in [0, 0.1) is 0 Å². The van der Waals surface area contributed by atoms with Crippen LogP contribution >= 0.6 is 0 Å². The number of rotatable bonds is 3. The first kappa shape index (κ1) is 15.5. The molecule has 2 rings (SSSR count). The van der Waals surface area contributed by atoms with E-state index < -0.39 is 0 Å². The summed E-state index contributed by atoms with van der Waals surface area (Å²) in [6.07, 6.45) is 3.23. The van der Waals surface area contributed by atoms with Crippen molar-refractivity contribution in [2.45, 2.75) is 57.9 Å². The fourth-order valence-corrected chi connectivity index (χ4v) is 3.02. The van der Waals surface area contributed by atoms with Crippen molar-refractivity contribution in [3.63, 3.8) is 0 Å². The van der Waals surface area contributed by atoms with E-state index in [9.17, 15) is 0 Å². The molecule has 2 N–H and O–H groups in total. The molecule has 0 amide bonds. The van der Waals surface area contributed by atoms with Gasteiger partial charge in [-0.25, -0.2) is 0 Å². The third kappa shape index (κ3) is 3.83. The predicted octanol–water partition coefficient (Wildman–Crippen LogP) is 3.34. The van der Waals surface area contributed by atoms with Gasteiger partial charge in [0.25, 0.3) is 0 Å². The van der Waals surface area contributed by atoms with Gasteiger partial charge >= 0.3 is 0 Å². The van der Waals surface area contributed by atoms with E-state index in [1.165, 1.54) is 11.1 Å². The first-order chi connectivity index (χ1) is 9.32. The Bertz CT molecular complexity index is 420. The standard InChI is InChI=1S/C18H30N2/c1-5-20-12-10-18(19,11-13-20)14-15-6-8-16(9-7-15)17(2,3)4/h6-9H,5,10-14,19H2,1-4H3. The molecule has 0 spiro atoms. The van der Waals surface area contributed by atoms with Gasteiger partial charge in [0.2, 0.25) is 0 Å². The molecule has 112 valence electrons. The van der Waals surface area contributed by atoms with E-state index in [0.29, 0.717) is 0 Å². The number of nitrogens with zero attached hydrogens (tertiary/aromatic N) is 1. The van der Waals surface area contributed by atoms with E-state index >= 15 is 0 Å². The van der Waals surface area contributed by atoms with Gasteiger partial charge in [-0.1, -0.05) is 52.0 Å². The van der Waals surface area contributed by atoms with Crippen molar-refractivity contribution >= 4 is 0 Å². The summed E-state index contributed by atoms with van der Waals surface area (Å²) in [5.74, 6) is 0. The Balaban J connectivity index is 2.00. The molecule has 1 aliphatic heterocycles. The van der Waals surface area contributed by atoms with Crippen LogP contribution in [0.2, 0.25) is 0 Å². The van der Waals surface area contributed by atoms with Gasteiger partial charge in [0.05, 0.1) is 0 Å². The lowest BCUT2D eigenvalue weighted by molar-refractivity contribution is 0.168. The lowest BCUT2D eigenvalue weighted by atomic mass is 9.81. The van der Waals surface area contributed by atoms with E-state index in [-0.39, 0.29) is 11.0 Å². The molecule has 1 aromatic carbocycles. The highest BCUT2D eigenvalue weighted by molar-refractivity contribution is 5.28. The van der Waals surface area contributed by atoms with E-state index in [4.69, 9.17) is 5.73 Å². The van der Waals surface area contributed by atoms with Crippen molar-refractivity contribution in [3.8, 4) is 0 Å². The number of piperidine rings is 1. The number of hydrogen-bond donors (Lipinski definition) is 1. The van der Waals surface area contributed by atoms with Crippen LogP contribution < -0.4 is 5.73 Å². The summed E-state index contributed by atoms with van der Waals surface area (Å²) in [4.78, 5) is 2.49. The summed E-state index contributed by atoms with van der Waals surface area (Å²) >= 11 is 0. The summed E-state index contributed by atoms with van der Waals surface area (Å²) in [7, 11) is 0. The molecule has 2 nitrogen and oxygen atoms in total. The van der Waals surface area contributed by atoms with Gasteiger partial charge in [-0.3, -0.25) is 0 Å². The molecule has 1 fully saturated rings. The van der Waals surface area contributed by atoms with Crippen molar-refractivity contribution in [1.29, 1.82) is 0 Å². The monoisotopic (exact) mass is 274 g/mol. The number of benzene rings is 1. The molecule has 20 heavy (non-hydrogen) atoms. The lowest BCUT2D eigenvalue weighted by Gasteiger charge is -2.39. The Morgan fingerprint density at radius 1 is 1.10 bits per heavy atom. The molecule has 0 aromatic heterocycles. The normalized spacial score (nSPS) is 20.1. The molecule has 2 heteroatoms. The highest BCUT2D eigenvalue weighted by Crippen LogP contribution is 2.26. The third-order valence-corrected chi connectivity index (χ3v) is 4.68. The highest BCUT2D eigenvalue weighted by atomic mass is 15.1. The molecular formula is C18H30N2. The van der Waals surface area contributed by atoms with Gasteiger partial charge in [-0.05, 0) is 55.4 Å². The molecule has 0 saturated carbocycles. The summed E-state index contributed by atoms with van der Waals surface area (Å²) in [6.45, 7) is 12.4. The molecule has 1 aliphatic rings. The van der Waals surface area contributed by atoms with Crippen LogP contribution in [0.1, 0.15) is 51.7 Å². The van der Waals surface area contributed by atoms with Crippen LogP contribution in [0.5, 0.6) is 0 Å². The molecule has 0 aliphatic carbocycles. The van der Waals surface area contributed by atoms with Gasteiger partial charge in [0.1, 0.15) is 0 Å². The van der Waals surface area contributed by atoms with Crippen molar-refractivity contribution in [1.82, 2.24) is 4.90 Å². The third-order valence-electron chi connectivity index (χ3n) is 4.68. The molecule has 0 unspecified atom stereocenters. The topological polar surface area (TPSA) is 29.3 Å². The number of nitrogens with two attached hydrogens (primary N) is 1. The van der Waals surface area contributed by atoms with Crippen LogP contribution in [0.25, 0.3) is 0 Å². The molecular weight excluding hydrogens is 244 g/mol. The van der Waals surface area contributed by atoms with E-state index in [0.717, 1.165) is 38.9 Å². The summed E-state index contributed by atoms with van der Waals surface area (Å²) < 4.78 is 0. The van der Waals surface area contributed by atoms with Crippen molar-refractivity contribution in [2.75, 3.05) is 19.6 Å². The lowest BCUT2D eigenvalue weighted by Crippen LogP contribution is -2.51. The maximum atomic E-state index is 6.61. The molecule has 1 heterocycles. The average Bonchev–Trinajstić information content (AvgIpc) is 2.39. The van der Waals surface area contributed by atoms with Gasteiger partial charge < -0.3 is 10.6 Å². The molecule has 0 bridgehead atoms. The highest BCUT2D eigenvalue weighted by Gasteiger charge is 2.30. The maximum Gasteiger partial charge on any atom is 0.0219 e. The van der Waals surface area contributed by atoms with Gasteiger partial charge in [-0.15, -0.1) is 0 Å². The first-order valence-corrected chi connectivity index (χ1v) is 7.93. The van der Waals surface area contributed by atoms with Crippen LogP contribution in [0.15, 0.2) is 24.3 Å². The Morgan fingerprint density at radius 3 is 2.10 bits per heavy atom. The van der Waals surface area contributed by atoms with Crippen molar-refractivity contribution in [3.05, 3.63) is 35.4 Å². The smallest absolute Gasteiger partial charge is 0.0219 e. The second-order valence-electron chi connectivity index (χ2n) is 7.42.